The number of carbonyl (C=O) groups is 1. The molecule has 6 nitrogen and oxygen atoms in total. The second-order valence-corrected chi connectivity index (χ2v) is 9.34. The van der Waals surface area contributed by atoms with Gasteiger partial charge in [0.15, 0.2) is 0 Å². The molecular formula is C23H26N2O4S. The standard InChI is InChI=1S/C23H26N2O4S/c1-17-12-18(2)14-21(13-17)29-11-10-24-23(26)16-25(3)30(27,28)22-9-8-19-6-4-5-7-20(19)15-22/h4-9,12-15H,10-11,16H2,1-3H3,(H,24,26). The van der Waals surface area contributed by atoms with Crippen molar-refractivity contribution in [2.24, 2.45) is 0 Å². The highest BCUT2D eigenvalue weighted by Crippen LogP contribution is 2.21. The van der Waals surface area contributed by atoms with Crippen molar-refractivity contribution in [1.82, 2.24) is 9.62 Å². The van der Waals surface area contributed by atoms with Crippen molar-refractivity contribution >= 4 is 26.7 Å². The number of nitrogens with one attached hydrogen (secondary N) is 1. The summed E-state index contributed by atoms with van der Waals surface area (Å²) < 4.78 is 32.3. The summed E-state index contributed by atoms with van der Waals surface area (Å²) in [5.74, 6) is 0.364. The SMILES string of the molecule is Cc1cc(C)cc(OCCNC(=O)CN(C)S(=O)(=O)c2ccc3ccccc3c2)c1. The van der Waals surface area contributed by atoms with Gasteiger partial charge in [-0.2, -0.15) is 4.31 Å². The highest BCUT2D eigenvalue weighted by atomic mass is 32.2. The minimum absolute atomic E-state index is 0.162. The van der Waals surface area contributed by atoms with E-state index in [1.54, 1.807) is 18.2 Å². The minimum atomic E-state index is -3.77. The van der Waals surface area contributed by atoms with E-state index in [-0.39, 0.29) is 23.9 Å². The topological polar surface area (TPSA) is 75.7 Å². The lowest BCUT2D eigenvalue weighted by molar-refractivity contribution is -0.121. The predicted molar refractivity (Wildman–Crippen MR) is 118 cm³/mol. The predicted octanol–water partition coefficient (Wildman–Crippen LogP) is 3.27. The molecule has 0 radical (unpaired) electrons. The number of hydrogen-bond donors (Lipinski definition) is 1. The first kappa shape index (κ1) is 21.8. The Morgan fingerprint density at radius 1 is 0.967 bits per heavy atom. The molecule has 0 aliphatic rings. The molecule has 7 heteroatoms. The third-order valence-corrected chi connectivity index (χ3v) is 6.48. The molecule has 0 heterocycles. The van der Waals surface area contributed by atoms with Crippen molar-refractivity contribution in [1.29, 1.82) is 0 Å². The molecule has 0 saturated heterocycles. The Morgan fingerprint density at radius 2 is 1.63 bits per heavy atom. The average molecular weight is 427 g/mol. The highest BCUT2D eigenvalue weighted by Gasteiger charge is 2.23. The molecule has 0 atom stereocenters. The van der Waals surface area contributed by atoms with Crippen LogP contribution in [-0.4, -0.2) is 45.4 Å². The van der Waals surface area contributed by atoms with Crippen LogP contribution in [0.4, 0.5) is 0 Å². The quantitative estimate of drug-likeness (QED) is 0.561. The number of sulfonamides is 1. The average Bonchev–Trinajstić information content (AvgIpc) is 2.70. The van der Waals surface area contributed by atoms with E-state index in [1.807, 2.05) is 50.2 Å². The van der Waals surface area contributed by atoms with Gasteiger partial charge in [0.25, 0.3) is 0 Å². The van der Waals surface area contributed by atoms with Crippen LogP contribution in [0.3, 0.4) is 0 Å². The smallest absolute Gasteiger partial charge is 0.243 e. The number of carbonyl (C=O) groups excluding carboxylic acids is 1. The zero-order chi connectivity index (χ0) is 21.7. The number of rotatable bonds is 8. The molecule has 0 saturated carbocycles. The molecule has 0 spiro atoms. The molecule has 3 rings (SSSR count). The number of hydrogen-bond acceptors (Lipinski definition) is 4. The van der Waals surface area contributed by atoms with Gasteiger partial charge in [-0.05, 0) is 60.0 Å². The van der Waals surface area contributed by atoms with Crippen LogP contribution in [0.25, 0.3) is 10.8 Å². The minimum Gasteiger partial charge on any atom is -0.492 e. The third-order valence-electron chi connectivity index (χ3n) is 4.68. The van der Waals surface area contributed by atoms with E-state index in [1.165, 1.54) is 7.05 Å². The summed E-state index contributed by atoms with van der Waals surface area (Å²) in [4.78, 5) is 12.4. The fourth-order valence-electron chi connectivity index (χ4n) is 3.23. The Bertz CT molecular complexity index is 1140. The van der Waals surface area contributed by atoms with Crippen LogP contribution >= 0.6 is 0 Å². The van der Waals surface area contributed by atoms with Gasteiger partial charge in [-0.15, -0.1) is 0 Å². The lowest BCUT2D eigenvalue weighted by Crippen LogP contribution is -2.39. The summed E-state index contributed by atoms with van der Waals surface area (Å²) in [6.07, 6.45) is 0. The molecular weight excluding hydrogens is 400 g/mol. The normalized spacial score (nSPS) is 11.6. The largest absolute Gasteiger partial charge is 0.492 e. The maximum atomic E-state index is 12.8. The highest BCUT2D eigenvalue weighted by molar-refractivity contribution is 7.89. The van der Waals surface area contributed by atoms with Crippen molar-refractivity contribution in [3.05, 3.63) is 71.8 Å². The van der Waals surface area contributed by atoms with Crippen LogP contribution in [0.5, 0.6) is 5.75 Å². The lowest BCUT2D eigenvalue weighted by Gasteiger charge is -2.17. The summed E-state index contributed by atoms with van der Waals surface area (Å²) >= 11 is 0. The van der Waals surface area contributed by atoms with Gasteiger partial charge in [0.1, 0.15) is 12.4 Å². The van der Waals surface area contributed by atoms with Gasteiger partial charge >= 0.3 is 0 Å². The van der Waals surface area contributed by atoms with E-state index in [0.29, 0.717) is 6.61 Å². The van der Waals surface area contributed by atoms with Gasteiger partial charge in [-0.3, -0.25) is 4.79 Å². The Morgan fingerprint density at radius 3 is 2.33 bits per heavy atom. The second-order valence-electron chi connectivity index (χ2n) is 7.29. The summed E-state index contributed by atoms with van der Waals surface area (Å²) in [5.41, 5.74) is 2.21. The first-order valence-corrected chi connectivity index (χ1v) is 11.1. The maximum Gasteiger partial charge on any atom is 0.243 e. The summed E-state index contributed by atoms with van der Waals surface area (Å²) in [5, 5.41) is 4.49. The van der Waals surface area contributed by atoms with Crippen molar-refractivity contribution < 1.29 is 17.9 Å². The molecule has 1 N–H and O–H groups in total. The zero-order valence-electron chi connectivity index (χ0n) is 17.4. The number of nitrogens with zero attached hydrogens (tertiary/aromatic N) is 1. The molecule has 1 amide bonds. The van der Waals surface area contributed by atoms with Crippen LogP contribution in [0, 0.1) is 13.8 Å². The number of amides is 1. The molecule has 0 aliphatic heterocycles. The fourth-order valence-corrected chi connectivity index (χ4v) is 4.39. The van der Waals surface area contributed by atoms with Crippen LogP contribution in [-0.2, 0) is 14.8 Å². The van der Waals surface area contributed by atoms with Crippen LogP contribution < -0.4 is 10.1 Å². The van der Waals surface area contributed by atoms with Crippen molar-refractivity contribution in [2.45, 2.75) is 18.7 Å². The van der Waals surface area contributed by atoms with Gasteiger partial charge in [0.2, 0.25) is 15.9 Å². The number of aryl methyl sites for hydroxylation is 2. The maximum absolute atomic E-state index is 12.8. The molecule has 0 aromatic heterocycles. The van der Waals surface area contributed by atoms with E-state index >= 15 is 0 Å². The van der Waals surface area contributed by atoms with Gasteiger partial charge in [-0.1, -0.05) is 36.4 Å². The molecule has 158 valence electrons. The van der Waals surface area contributed by atoms with Crippen LogP contribution in [0.2, 0.25) is 0 Å². The summed E-state index contributed by atoms with van der Waals surface area (Å²) in [7, 11) is -2.37. The third kappa shape index (κ3) is 5.37. The van der Waals surface area contributed by atoms with Gasteiger partial charge in [-0.25, -0.2) is 8.42 Å². The van der Waals surface area contributed by atoms with Crippen molar-refractivity contribution in [3.63, 3.8) is 0 Å². The number of likely N-dealkylation sites (N-methyl/N-ethyl adjacent to an activating group) is 1. The molecule has 0 bridgehead atoms. The van der Waals surface area contributed by atoms with Gasteiger partial charge in [0, 0.05) is 7.05 Å². The Balaban J connectivity index is 1.53. The Labute approximate surface area is 177 Å². The molecule has 0 aliphatic carbocycles. The molecule has 0 unspecified atom stereocenters. The lowest BCUT2D eigenvalue weighted by atomic mass is 10.1. The Kier molecular flexibility index (Phi) is 6.74. The molecule has 0 fully saturated rings. The van der Waals surface area contributed by atoms with Crippen LogP contribution in [0.1, 0.15) is 11.1 Å². The molecule has 3 aromatic rings. The summed E-state index contributed by atoms with van der Waals surface area (Å²) in [6, 6.07) is 18.4. The second kappa shape index (κ2) is 9.28. The first-order valence-electron chi connectivity index (χ1n) is 9.68. The zero-order valence-corrected chi connectivity index (χ0v) is 18.2. The van der Waals surface area contributed by atoms with E-state index in [9.17, 15) is 13.2 Å². The van der Waals surface area contributed by atoms with E-state index in [4.69, 9.17) is 4.74 Å². The Hall–Kier alpha value is -2.90. The fraction of sp³-hybridized carbons (Fsp3) is 0.261. The number of ether oxygens (including phenoxy) is 1. The van der Waals surface area contributed by atoms with E-state index in [2.05, 4.69) is 11.4 Å². The van der Waals surface area contributed by atoms with Gasteiger partial charge < -0.3 is 10.1 Å². The summed E-state index contributed by atoms with van der Waals surface area (Å²) in [6.45, 7) is 4.31. The molecule has 30 heavy (non-hydrogen) atoms. The first-order chi connectivity index (χ1) is 14.3. The van der Waals surface area contributed by atoms with Crippen molar-refractivity contribution in [3.8, 4) is 5.75 Å². The molecule has 3 aromatic carbocycles. The van der Waals surface area contributed by atoms with Gasteiger partial charge in [0.05, 0.1) is 18.0 Å². The monoisotopic (exact) mass is 426 g/mol. The van der Waals surface area contributed by atoms with Crippen molar-refractivity contribution in [2.75, 3.05) is 26.7 Å². The number of fused-ring (bicyclic) bond motifs is 1. The van der Waals surface area contributed by atoms with E-state index in [0.717, 1.165) is 32.0 Å². The van der Waals surface area contributed by atoms with Crippen LogP contribution in [0.15, 0.2) is 65.6 Å². The van der Waals surface area contributed by atoms with E-state index < -0.39 is 10.0 Å². The number of benzene rings is 3.